The summed E-state index contributed by atoms with van der Waals surface area (Å²) in [4.78, 5) is 7.03. The second-order valence-electron chi connectivity index (χ2n) is 4.88. The van der Waals surface area contributed by atoms with Crippen molar-refractivity contribution < 1.29 is 17.9 Å². The van der Waals surface area contributed by atoms with E-state index >= 15 is 0 Å². The van der Waals surface area contributed by atoms with Crippen molar-refractivity contribution >= 4 is 11.6 Å². The summed E-state index contributed by atoms with van der Waals surface area (Å²) in [7, 11) is 0. The summed E-state index contributed by atoms with van der Waals surface area (Å²) in [6, 6.07) is 1.58. The zero-order chi connectivity index (χ0) is 15.5. The van der Waals surface area contributed by atoms with Crippen molar-refractivity contribution in [2.75, 3.05) is 23.8 Å². The maximum absolute atomic E-state index is 12.8. The molecule has 0 saturated heterocycles. The third-order valence-corrected chi connectivity index (χ3v) is 3.19. The number of nitrogens with zero attached hydrogens (tertiary/aromatic N) is 2. The molecule has 1 aliphatic rings. The van der Waals surface area contributed by atoms with E-state index in [4.69, 9.17) is 4.74 Å². The molecule has 1 aliphatic carbocycles. The highest BCUT2D eigenvalue weighted by Gasteiger charge is 2.36. The van der Waals surface area contributed by atoms with Gasteiger partial charge in [-0.1, -0.05) is 0 Å². The van der Waals surface area contributed by atoms with Crippen molar-refractivity contribution in [1.82, 2.24) is 9.97 Å². The number of anilines is 2. The molecule has 2 N–H and O–H groups in total. The van der Waals surface area contributed by atoms with E-state index in [0.29, 0.717) is 13.2 Å². The minimum absolute atomic E-state index is 0.0898. The predicted molar refractivity (Wildman–Crippen MR) is 73.3 cm³/mol. The molecule has 0 atom stereocenters. The number of aromatic nitrogens is 2. The largest absolute Gasteiger partial charge is 0.451 e. The van der Waals surface area contributed by atoms with E-state index in [1.165, 1.54) is 6.07 Å². The molecule has 1 aromatic rings. The average Bonchev–Trinajstić information content (AvgIpc) is 2.35. The van der Waals surface area contributed by atoms with E-state index in [1.54, 1.807) is 6.92 Å². The molecule has 5 nitrogen and oxygen atoms in total. The van der Waals surface area contributed by atoms with Crippen molar-refractivity contribution in [2.24, 2.45) is 0 Å². The maximum atomic E-state index is 12.8. The third kappa shape index (κ3) is 4.20. The van der Waals surface area contributed by atoms with Crippen LogP contribution in [0.1, 0.15) is 32.5 Å². The summed E-state index contributed by atoms with van der Waals surface area (Å²) < 4.78 is 43.8. The van der Waals surface area contributed by atoms with Gasteiger partial charge >= 0.3 is 6.18 Å². The van der Waals surface area contributed by atoms with Crippen molar-refractivity contribution in [2.45, 2.75) is 45.0 Å². The van der Waals surface area contributed by atoms with E-state index in [-0.39, 0.29) is 23.8 Å². The molecule has 0 radical (unpaired) electrons. The normalized spacial score (nSPS) is 21.8. The summed E-state index contributed by atoms with van der Waals surface area (Å²) in [5.41, 5.74) is 0. The molecule has 2 rings (SSSR count). The van der Waals surface area contributed by atoms with Crippen LogP contribution >= 0.6 is 0 Å². The SMILES string of the molecule is CCNc1cc(NC2CC(OCC)C2)nc(C(F)(F)F)n1. The smallest absolute Gasteiger partial charge is 0.378 e. The minimum atomic E-state index is -4.56. The van der Waals surface area contributed by atoms with Gasteiger partial charge in [0.1, 0.15) is 11.6 Å². The summed E-state index contributed by atoms with van der Waals surface area (Å²) in [6.07, 6.45) is -2.83. The van der Waals surface area contributed by atoms with E-state index in [1.807, 2.05) is 6.92 Å². The molecular formula is C13H19F3N4O. The van der Waals surface area contributed by atoms with Gasteiger partial charge in [0.05, 0.1) is 6.10 Å². The highest BCUT2D eigenvalue weighted by molar-refractivity contribution is 5.48. The minimum Gasteiger partial charge on any atom is -0.378 e. The summed E-state index contributed by atoms with van der Waals surface area (Å²) in [5.74, 6) is -0.777. The Morgan fingerprint density at radius 2 is 1.90 bits per heavy atom. The van der Waals surface area contributed by atoms with Gasteiger partial charge < -0.3 is 15.4 Å². The molecule has 0 bridgehead atoms. The van der Waals surface area contributed by atoms with Gasteiger partial charge in [-0.3, -0.25) is 0 Å². The fourth-order valence-electron chi connectivity index (χ4n) is 2.18. The highest BCUT2D eigenvalue weighted by atomic mass is 19.4. The van der Waals surface area contributed by atoms with Gasteiger partial charge in [-0.2, -0.15) is 13.2 Å². The molecule has 1 fully saturated rings. The Balaban J connectivity index is 2.06. The first-order valence-corrected chi connectivity index (χ1v) is 7.00. The Kier molecular flexibility index (Phi) is 4.87. The van der Waals surface area contributed by atoms with Crippen LogP contribution in [-0.2, 0) is 10.9 Å². The zero-order valence-corrected chi connectivity index (χ0v) is 12.0. The van der Waals surface area contributed by atoms with Crippen LogP contribution in [-0.4, -0.2) is 35.3 Å². The number of nitrogens with one attached hydrogen (secondary N) is 2. The topological polar surface area (TPSA) is 59.1 Å². The van der Waals surface area contributed by atoms with Gasteiger partial charge in [-0.05, 0) is 26.7 Å². The van der Waals surface area contributed by atoms with E-state index in [9.17, 15) is 13.2 Å². The van der Waals surface area contributed by atoms with Crippen LogP contribution in [0.3, 0.4) is 0 Å². The number of hydrogen-bond acceptors (Lipinski definition) is 5. The predicted octanol–water partition coefficient (Wildman–Crippen LogP) is 2.91. The standard InChI is InChI=1S/C13H19F3N4O/c1-3-17-10-7-11(20-12(19-10)13(14,15)16)18-8-5-9(6-8)21-4-2/h7-9H,3-6H2,1-2H3,(H2,17,18,19,20). The molecule has 118 valence electrons. The Hall–Kier alpha value is -1.57. The third-order valence-electron chi connectivity index (χ3n) is 3.19. The lowest BCUT2D eigenvalue weighted by atomic mass is 9.89. The molecule has 21 heavy (non-hydrogen) atoms. The summed E-state index contributed by atoms with van der Waals surface area (Å²) in [6.45, 7) is 4.85. The Morgan fingerprint density at radius 3 is 2.48 bits per heavy atom. The Labute approximate surface area is 121 Å². The van der Waals surface area contributed by atoms with Crippen molar-refractivity contribution in [3.05, 3.63) is 11.9 Å². The molecule has 0 spiro atoms. The van der Waals surface area contributed by atoms with Gasteiger partial charge in [-0.15, -0.1) is 0 Å². The van der Waals surface area contributed by atoms with E-state index in [2.05, 4.69) is 20.6 Å². The lowest BCUT2D eigenvalue weighted by molar-refractivity contribution is -0.144. The monoisotopic (exact) mass is 304 g/mol. The maximum Gasteiger partial charge on any atom is 0.451 e. The molecule has 1 heterocycles. The first kappa shape index (κ1) is 15.8. The van der Waals surface area contributed by atoms with Crippen LogP contribution in [0.5, 0.6) is 0 Å². The average molecular weight is 304 g/mol. The lowest BCUT2D eigenvalue weighted by Gasteiger charge is -2.35. The molecule has 0 unspecified atom stereocenters. The van der Waals surface area contributed by atoms with Crippen LogP contribution in [0.4, 0.5) is 24.8 Å². The second-order valence-corrected chi connectivity index (χ2v) is 4.88. The summed E-state index contributed by atoms with van der Waals surface area (Å²) >= 11 is 0. The van der Waals surface area contributed by atoms with Crippen LogP contribution in [0, 0.1) is 0 Å². The second kappa shape index (κ2) is 6.46. The number of alkyl halides is 3. The Bertz CT molecular complexity index is 475. The van der Waals surface area contributed by atoms with Gasteiger partial charge in [-0.25, -0.2) is 9.97 Å². The van der Waals surface area contributed by atoms with Gasteiger partial charge in [0.2, 0.25) is 5.82 Å². The lowest BCUT2D eigenvalue weighted by Crippen LogP contribution is -2.41. The van der Waals surface area contributed by atoms with Crippen molar-refractivity contribution in [3.8, 4) is 0 Å². The molecule has 0 aliphatic heterocycles. The van der Waals surface area contributed by atoms with Crippen LogP contribution in [0.2, 0.25) is 0 Å². The van der Waals surface area contributed by atoms with E-state index in [0.717, 1.165) is 12.8 Å². The van der Waals surface area contributed by atoms with Gasteiger partial charge in [0.25, 0.3) is 0 Å². The van der Waals surface area contributed by atoms with E-state index < -0.39 is 12.0 Å². The fraction of sp³-hybridized carbons (Fsp3) is 0.692. The van der Waals surface area contributed by atoms with Crippen LogP contribution < -0.4 is 10.6 Å². The van der Waals surface area contributed by atoms with Crippen molar-refractivity contribution in [1.29, 1.82) is 0 Å². The van der Waals surface area contributed by atoms with Gasteiger partial charge in [0.15, 0.2) is 0 Å². The molecule has 0 amide bonds. The van der Waals surface area contributed by atoms with Gasteiger partial charge in [0, 0.05) is 25.3 Å². The molecule has 8 heteroatoms. The molecular weight excluding hydrogens is 285 g/mol. The molecule has 1 saturated carbocycles. The number of halogens is 3. The summed E-state index contributed by atoms with van der Waals surface area (Å²) in [5, 5.41) is 5.79. The van der Waals surface area contributed by atoms with Crippen LogP contribution in [0.25, 0.3) is 0 Å². The highest BCUT2D eigenvalue weighted by Crippen LogP contribution is 2.30. The zero-order valence-electron chi connectivity index (χ0n) is 12.0. The molecule has 1 aromatic heterocycles. The number of hydrogen-bond donors (Lipinski definition) is 2. The number of rotatable bonds is 6. The van der Waals surface area contributed by atoms with Crippen molar-refractivity contribution in [3.63, 3.8) is 0 Å². The van der Waals surface area contributed by atoms with Crippen LogP contribution in [0.15, 0.2) is 6.07 Å². The quantitative estimate of drug-likeness (QED) is 0.846. The fourth-order valence-corrected chi connectivity index (χ4v) is 2.18. The first-order chi connectivity index (χ1) is 9.92. The Morgan fingerprint density at radius 1 is 1.24 bits per heavy atom. The molecule has 0 aromatic carbocycles. The first-order valence-electron chi connectivity index (χ1n) is 7.00. The number of ether oxygens (including phenoxy) is 1.